The summed E-state index contributed by atoms with van der Waals surface area (Å²) in [5.41, 5.74) is 1.32. The third-order valence-corrected chi connectivity index (χ3v) is 10.1. The summed E-state index contributed by atoms with van der Waals surface area (Å²) >= 11 is 5.49. The van der Waals surface area contributed by atoms with Gasteiger partial charge in [0.25, 0.3) is 0 Å². The van der Waals surface area contributed by atoms with Gasteiger partial charge in [-0.25, -0.2) is 17.6 Å². The van der Waals surface area contributed by atoms with Crippen LogP contribution < -0.4 is 4.74 Å². The highest BCUT2D eigenvalue weighted by molar-refractivity contribution is 6.31. The van der Waals surface area contributed by atoms with Gasteiger partial charge in [-0.3, -0.25) is 0 Å². The van der Waals surface area contributed by atoms with Crippen LogP contribution in [0.4, 0.5) is 26.3 Å². The summed E-state index contributed by atoms with van der Waals surface area (Å²) in [6.45, 7) is 2.22. The van der Waals surface area contributed by atoms with Crippen LogP contribution in [0.5, 0.6) is 5.75 Å². The van der Waals surface area contributed by atoms with Crippen molar-refractivity contribution < 1.29 is 31.1 Å². The summed E-state index contributed by atoms with van der Waals surface area (Å²) in [4.78, 5) is 0. The molecular formula is C36H39ClF6O. The van der Waals surface area contributed by atoms with Gasteiger partial charge in [0.1, 0.15) is 34.0 Å². The fourth-order valence-corrected chi connectivity index (χ4v) is 7.19. The molecule has 0 aliphatic heterocycles. The molecule has 0 aromatic heterocycles. The zero-order chi connectivity index (χ0) is 31.4. The molecule has 0 saturated heterocycles. The van der Waals surface area contributed by atoms with Crippen LogP contribution in [0.3, 0.4) is 0 Å². The number of hydrogen-bond donors (Lipinski definition) is 0. The Morgan fingerprint density at radius 2 is 1.39 bits per heavy atom. The third-order valence-electron chi connectivity index (χ3n) is 9.69. The molecule has 238 valence electrons. The molecule has 2 saturated carbocycles. The van der Waals surface area contributed by atoms with Crippen LogP contribution in [0, 0.1) is 35.1 Å². The Balaban J connectivity index is 1.16. The molecule has 44 heavy (non-hydrogen) atoms. The predicted molar refractivity (Wildman–Crippen MR) is 162 cm³/mol. The molecule has 0 unspecified atom stereocenters. The maximum Gasteiger partial charge on any atom is 0.400 e. The van der Waals surface area contributed by atoms with E-state index in [-0.39, 0.29) is 35.7 Å². The topological polar surface area (TPSA) is 9.23 Å². The SMILES string of the molecule is CCCCCC1CCC(c2ccc(C3CCC(C(F)(F)Oc4ccc(-c5cc(F)c(Cl)c(F)c5)c(F)c4)CC3)c(F)c2)CC1. The fourth-order valence-electron chi connectivity index (χ4n) is 7.08. The molecule has 0 spiro atoms. The van der Waals surface area contributed by atoms with E-state index in [1.54, 1.807) is 6.07 Å². The molecule has 0 atom stereocenters. The molecule has 0 bridgehead atoms. The maximum absolute atomic E-state index is 15.3. The van der Waals surface area contributed by atoms with Gasteiger partial charge in [0, 0.05) is 11.6 Å². The number of unbranched alkanes of at least 4 members (excludes halogenated alkanes) is 2. The molecule has 0 N–H and O–H groups in total. The second kappa shape index (κ2) is 14.2. The van der Waals surface area contributed by atoms with E-state index < -0.39 is 40.3 Å². The first-order chi connectivity index (χ1) is 21.1. The normalized spacial score (nSPS) is 22.6. The summed E-state index contributed by atoms with van der Waals surface area (Å²) < 4.78 is 93.0. The van der Waals surface area contributed by atoms with E-state index in [1.165, 1.54) is 38.5 Å². The van der Waals surface area contributed by atoms with E-state index in [4.69, 9.17) is 16.3 Å². The molecule has 0 radical (unpaired) electrons. The van der Waals surface area contributed by atoms with E-state index in [0.717, 1.165) is 54.7 Å². The van der Waals surface area contributed by atoms with Crippen LogP contribution >= 0.6 is 11.6 Å². The highest BCUT2D eigenvalue weighted by Gasteiger charge is 2.44. The Kier molecular flexibility index (Phi) is 10.5. The van der Waals surface area contributed by atoms with Crippen molar-refractivity contribution in [3.63, 3.8) is 0 Å². The first-order valence-electron chi connectivity index (χ1n) is 15.9. The minimum Gasteiger partial charge on any atom is -0.432 e. The molecule has 0 heterocycles. The molecular weight excluding hydrogens is 598 g/mol. The van der Waals surface area contributed by atoms with Crippen molar-refractivity contribution in [3.8, 4) is 16.9 Å². The molecule has 3 aromatic rings. The molecule has 8 heteroatoms. The van der Waals surface area contributed by atoms with Gasteiger partial charge in [-0.05, 0) is 116 Å². The van der Waals surface area contributed by atoms with E-state index in [0.29, 0.717) is 24.3 Å². The van der Waals surface area contributed by atoms with Gasteiger partial charge in [0.2, 0.25) is 0 Å². The number of halogens is 7. The van der Waals surface area contributed by atoms with Gasteiger partial charge < -0.3 is 4.74 Å². The van der Waals surface area contributed by atoms with Crippen LogP contribution in [-0.2, 0) is 0 Å². The van der Waals surface area contributed by atoms with Crippen molar-refractivity contribution in [1.29, 1.82) is 0 Å². The lowest BCUT2D eigenvalue weighted by Gasteiger charge is -2.34. The Bertz CT molecular complexity index is 1400. The van der Waals surface area contributed by atoms with Gasteiger partial charge in [-0.15, -0.1) is 0 Å². The largest absolute Gasteiger partial charge is 0.432 e. The zero-order valence-electron chi connectivity index (χ0n) is 25.0. The number of ether oxygens (including phenoxy) is 1. The highest BCUT2D eigenvalue weighted by atomic mass is 35.5. The average Bonchev–Trinajstić information content (AvgIpc) is 3.00. The van der Waals surface area contributed by atoms with E-state index in [9.17, 15) is 13.2 Å². The molecule has 3 aromatic carbocycles. The minimum atomic E-state index is -3.57. The molecule has 5 rings (SSSR count). The third kappa shape index (κ3) is 7.58. The minimum absolute atomic E-state index is 0.121. The molecule has 1 nitrogen and oxygen atoms in total. The van der Waals surface area contributed by atoms with Crippen molar-refractivity contribution in [1.82, 2.24) is 0 Å². The summed E-state index contributed by atoms with van der Waals surface area (Å²) in [6, 6.07) is 10.3. The van der Waals surface area contributed by atoms with E-state index >= 15 is 13.2 Å². The Hall–Kier alpha value is -2.67. The van der Waals surface area contributed by atoms with Crippen molar-refractivity contribution in [3.05, 3.63) is 87.9 Å². The highest BCUT2D eigenvalue weighted by Crippen LogP contribution is 2.45. The molecule has 2 fully saturated rings. The van der Waals surface area contributed by atoms with Gasteiger partial charge in [-0.2, -0.15) is 8.78 Å². The smallest absolute Gasteiger partial charge is 0.400 e. The van der Waals surface area contributed by atoms with Crippen LogP contribution in [-0.4, -0.2) is 6.11 Å². The van der Waals surface area contributed by atoms with Crippen molar-refractivity contribution in [2.24, 2.45) is 11.8 Å². The Labute approximate surface area is 261 Å². The zero-order valence-corrected chi connectivity index (χ0v) is 25.7. The van der Waals surface area contributed by atoms with Crippen LogP contribution in [0.25, 0.3) is 11.1 Å². The Morgan fingerprint density at radius 3 is 2.00 bits per heavy atom. The van der Waals surface area contributed by atoms with E-state index in [1.807, 2.05) is 12.1 Å². The predicted octanol–water partition coefficient (Wildman–Crippen LogP) is 12.4. The van der Waals surface area contributed by atoms with Crippen molar-refractivity contribution in [2.45, 2.75) is 102 Å². The van der Waals surface area contributed by atoms with Crippen molar-refractivity contribution >= 4 is 11.6 Å². The summed E-state index contributed by atoms with van der Waals surface area (Å²) in [6.07, 6.45) is 7.12. The quantitative estimate of drug-likeness (QED) is 0.122. The van der Waals surface area contributed by atoms with Crippen LogP contribution in [0.2, 0.25) is 5.02 Å². The first kappa shape index (κ1) is 32.7. The van der Waals surface area contributed by atoms with Gasteiger partial charge >= 0.3 is 6.11 Å². The number of benzene rings is 3. The number of alkyl halides is 2. The lowest BCUT2D eigenvalue weighted by atomic mass is 9.75. The summed E-state index contributed by atoms with van der Waals surface area (Å²) in [7, 11) is 0. The summed E-state index contributed by atoms with van der Waals surface area (Å²) in [5.74, 6) is -3.85. The second-order valence-electron chi connectivity index (χ2n) is 12.6. The molecule has 0 amide bonds. The van der Waals surface area contributed by atoms with E-state index in [2.05, 4.69) is 6.92 Å². The number of rotatable bonds is 10. The van der Waals surface area contributed by atoms with Gasteiger partial charge in [0.15, 0.2) is 0 Å². The van der Waals surface area contributed by atoms with Crippen molar-refractivity contribution in [2.75, 3.05) is 0 Å². The first-order valence-corrected chi connectivity index (χ1v) is 16.2. The Morgan fingerprint density at radius 1 is 0.727 bits per heavy atom. The van der Waals surface area contributed by atoms with Crippen LogP contribution in [0.15, 0.2) is 48.5 Å². The van der Waals surface area contributed by atoms with Gasteiger partial charge in [0.05, 0.1) is 5.92 Å². The fraction of sp³-hybridized carbons (Fsp3) is 0.500. The standard InChI is InChI=1S/C36H39ClF6O/c1-2-3-4-5-22-6-8-23(9-7-22)25-12-16-29(31(38)18-25)24-10-13-27(14-11-24)36(42,43)44-28-15-17-30(32(39)21-28)26-19-33(40)35(37)34(41)20-26/h12,15-24,27H,2-11,13-14H2,1H3. The summed E-state index contributed by atoms with van der Waals surface area (Å²) in [5, 5.41) is -0.714. The van der Waals surface area contributed by atoms with Gasteiger partial charge in [-0.1, -0.05) is 56.3 Å². The molecule has 2 aliphatic rings. The second-order valence-corrected chi connectivity index (χ2v) is 13.0. The monoisotopic (exact) mass is 636 g/mol. The number of hydrogen-bond acceptors (Lipinski definition) is 1. The average molecular weight is 637 g/mol. The lowest BCUT2D eigenvalue weighted by Crippen LogP contribution is -2.37. The maximum atomic E-state index is 15.3. The lowest BCUT2D eigenvalue weighted by molar-refractivity contribution is -0.222. The molecule has 2 aliphatic carbocycles. The van der Waals surface area contributed by atoms with Crippen LogP contribution in [0.1, 0.15) is 107 Å².